The van der Waals surface area contributed by atoms with Gasteiger partial charge in [0.2, 0.25) is 5.91 Å². The molecule has 3 N–H and O–H groups in total. The summed E-state index contributed by atoms with van der Waals surface area (Å²) in [5.41, 5.74) is 6.89. The smallest absolute Gasteiger partial charge is 0.221 e. The highest BCUT2D eigenvalue weighted by atomic mass is 16.1. The standard InChI is InChI=1S/C16H22N4O/c1-13(17)11-16(21)19-12-15-18-8-10-20(15)9-7-14-5-3-2-4-6-14/h2-6,8,10,13H,7,9,11-12,17H2,1H3,(H,19,21). The Labute approximate surface area is 125 Å². The lowest BCUT2D eigenvalue weighted by Gasteiger charge is -2.10. The topological polar surface area (TPSA) is 72.9 Å². The minimum atomic E-state index is -0.122. The van der Waals surface area contributed by atoms with Crippen LogP contribution in [0.5, 0.6) is 0 Å². The van der Waals surface area contributed by atoms with Crippen LogP contribution in [0.15, 0.2) is 42.7 Å². The van der Waals surface area contributed by atoms with Crippen molar-refractivity contribution in [1.29, 1.82) is 0 Å². The number of rotatable bonds is 7. The van der Waals surface area contributed by atoms with Crippen LogP contribution in [0, 0.1) is 0 Å². The van der Waals surface area contributed by atoms with Crippen molar-refractivity contribution >= 4 is 5.91 Å². The first-order valence-corrected chi connectivity index (χ1v) is 7.21. The fraction of sp³-hybridized carbons (Fsp3) is 0.375. The minimum Gasteiger partial charge on any atom is -0.349 e. The van der Waals surface area contributed by atoms with Crippen molar-refractivity contribution in [2.24, 2.45) is 5.73 Å². The summed E-state index contributed by atoms with van der Waals surface area (Å²) in [6, 6.07) is 10.2. The highest BCUT2D eigenvalue weighted by Gasteiger charge is 2.07. The van der Waals surface area contributed by atoms with E-state index in [2.05, 4.69) is 27.0 Å². The van der Waals surface area contributed by atoms with E-state index >= 15 is 0 Å². The fourth-order valence-electron chi connectivity index (χ4n) is 2.15. The number of carbonyl (C=O) groups is 1. The molecule has 0 bridgehead atoms. The number of hydrogen-bond donors (Lipinski definition) is 2. The summed E-state index contributed by atoms with van der Waals surface area (Å²) < 4.78 is 2.07. The van der Waals surface area contributed by atoms with Crippen molar-refractivity contribution in [1.82, 2.24) is 14.9 Å². The lowest BCUT2D eigenvalue weighted by molar-refractivity contribution is -0.121. The quantitative estimate of drug-likeness (QED) is 0.809. The highest BCUT2D eigenvalue weighted by Crippen LogP contribution is 2.04. The molecule has 0 saturated carbocycles. The highest BCUT2D eigenvalue weighted by molar-refractivity contribution is 5.76. The second-order valence-electron chi connectivity index (χ2n) is 5.23. The van der Waals surface area contributed by atoms with Crippen molar-refractivity contribution in [2.45, 2.75) is 38.9 Å². The van der Waals surface area contributed by atoms with Crippen molar-refractivity contribution in [3.8, 4) is 0 Å². The van der Waals surface area contributed by atoms with Crippen LogP contribution in [0.2, 0.25) is 0 Å². The van der Waals surface area contributed by atoms with Gasteiger partial charge in [-0.2, -0.15) is 0 Å². The Morgan fingerprint density at radius 3 is 2.86 bits per heavy atom. The average Bonchev–Trinajstić information content (AvgIpc) is 2.91. The Hall–Kier alpha value is -2.14. The number of amides is 1. The van der Waals surface area contributed by atoms with Gasteiger partial charge in [-0.25, -0.2) is 4.98 Å². The van der Waals surface area contributed by atoms with Gasteiger partial charge in [0, 0.05) is 31.4 Å². The summed E-state index contributed by atoms with van der Waals surface area (Å²) in [5, 5.41) is 2.85. The molecular formula is C16H22N4O. The van der Waals surface area contributed by atoms with Gasteiger partial charge in [0.05, 0.1) is 6.54 Å². The molecule has 1 unspecified atom stereocenters. The minimum absolute atomic E-state index is 0.0393. The maximum Gasteiger partial charge on any atom is 0.221 e. The van der Waals surface area contributed by atoms with E-state index in [9.17, 15) is 4.79 Å². The summed E-state index contributed by atoms with van der Waals surface area (Å²) in [4.78, 5) is 15.9. The van der Waals surface area contributed by atoms with Crippen LogP contribution in [-0.4, -0.2) is 21.5 Å². The van der Waals surface area contributed by atoms with E-state index in [0.29, 0.717) is 13.0 Å². The zero-order valence-corrected chi connectivity index (χ0v) is 12.3. The van der Waals surface area contributed by atoms with E-state index in [1.807, 2.05) is 31.3 Å². The van der Waals surface area contributed by atoms with Crippen LogP contribution in [0.1, 0.15) is 24.7 Å². The molecule has 1 heterocycles. The average molecular weight is 286 g/mol. The molecule has 0 radical (unpaired) electrons. The largest absolute Gasteiger partial charge is 0.349 e. The van der Waals surface area contributed by atoms with Gasteiger partial charge in [-0.05, 0) is 18.9 Å². The number of aryl methyl sites for hydroxylation is 2. The van der Waals surface area contributed by atoms with Crippen molar-refractivity contribution in [3.63, 3.8) is 0 Å². The first kappa shape index (κ1) is 15.3. The summed E-state index contributed by atoms with van der Waals surface area (Å²) >= 11 is 0. The number of nitrogens with two attached hydrogens (primary N) is 1. The molecule has 21 heavy (non-hydrogen) atoms. The molecule has 0 aliphatic heterocycles. The van der Waals surface area contributed by atoms with Crippen LogP contribution in [0.25, 0.3) is 0 Å². The first-order chi connectivity index (χ1) is 10.1. The summed E-state index contributed by atoms with van der Waals surface area (Å²) in [5.74, 6) is 0.826. The molecule has 1 aromatic heterocycles. The van der Waals surface area contributed by atoms with Gasteiger partial charge < -0.3 is 15.6 Å². The second kappa shape index (κ2) is 7.59. The predicted molar refractivity (Wildman–Crippen MR) is 82.5 cm³/mol. The maximum atomic E-state index is 11.6. The van der Waals surface area contributed by atoms with Gasteiger partial charge in [0.1, 0.15) is 5.82 Å². The number of imidazole rings is 1. The Kier molecular flexibility index (Phi) is 5.51. The van der Waals surface area contributed by atoms with Crippen molar-refractivity contribution in [2.75, 3.05) is 0 Å². The molecule has 0 saturated heterocycles. The number of nitrogens with zero attached hydrogens (tertiary/aromatic N) is 2. The summed E-state index contributed by atoms with van der Waals surface area (Å²) in [6.07, 6.45) is 4.98. The molecule has 1 amide bonds. The fourth-order valence-corrected chi connectivity index (χ4v) is 2.15. The van der Waals surface area contributed by atoms with Crippen LogP contribution in [0.4, 0.5) is 0 Å². The Bertz CT molecular complexity index is 563. The Morgan fingerprint density at radius 2 is 2.14 bits per heavy atom. The third-order valence-electron chi connectivity index (χ3n) is 3.24. The molecule has 1 aromatic carbocycles. The van der Waals surface area contributed by atoms with Crippen LogP contribution in [0.3, 0.4) is 0 Å². The Morgan fingerprint density at radius 1 is 1.38 bits per heavy atom. The van der Waals surface area contributed by atoms with Gasteiger partial charge in [-0.1, -0.05) is 30.3 Å². The van der Waals surface area contributed by atoms with Crippen LogP contribution >= 0.6 is 0 Å². The zero-order chi connectivity index (χ0) is 15.1. The SMILES string of the molecule is CC(N)CC(=O)NCc1nccn1CCc1ccccc1. The van der Waals surface area contributed by atoms with Crippen LogP contribution in [-0.2, 0) is 24.3 Å². The molecule has 2 aromatic rings. The lowest BCUT2D eigenvalue weighted by Crippen LogP contribution is -2.30. The van der Waals surface area contributed by atoms with E-state index in [1.54, 1.807) is 6.20 Å². The Balaban J connectivity index is 1.85. The van der Waals surface area contributed by atoms with Gasteiger partial charge in [-0.3, -0.25) is 4.79 Å². The third kappa shape index (κ3) is 5.04. The summed E-state index contributed by atoms with van der Waals surface area (Å²) in [7, 11) is 0. The monoisotopic (exact) mass is 286 g/mol. The van der Waals surface area contributed by atoms with Crippen LogP contribution < -0.4 is 11.1 Å². The molecule has 1 atom stereocenters. The third-order valence-corrected chi connectivity index (χ3v) is 3.24. The first-order valence-electron chi connectivity index (χ1n) is 7.21. The van der Waals surface area contributed by atoms with Gasteiger partial charge in [0.15, 0.2) is 0 Å². The van der Waals surface area contributed by atoms with E-state index in [0.717, 1.165) is 18.8 Å². The number of nitrogens with one attached hydrogen (secondary N) is 1. The molecule has 2 rings (SSSR count). The molecule has 0 fully saturated rings. The lowest BCUT2D eigenvalue weighted by atomic mass is 10.1. The van der Waals surface area contributed by atoms with E-state index in [4.69, 9.17) is 5.73 Å². The van der Waals surface area contributed by atoms with Gasteiger partial charge in [0.25, 0.3) is 0 Å². The number of carbonyl (C=O) groups excluding carboxylic acids is 1. The normalized spacial score (nSPS) is 12.1. The molecular weight excluding hydrogens is 264 g/mol. The van der Waals surface area contributed by atoms with Crippen molar-refractivity contribution < 1.29 is 4.79 Å². The van der Waals surface area contributed by atoms with Crippen molar-refractivity contribution in [3.05, 3.63) is 54.1 Å². The molecule has 112 valence electrons. The molecule has 0 spiro atoms. The molecule has 5 nitrogen and oxygen atoms in total. The maximum absolute atomic E-state index is 11.6. The molecule has 0 aliphatic carbocycles. The number of benzene rings is 1. The second-order valence-corrected chi connectivity index (χ2v) is 5.23. The molecule has 5 heteroatoms. The zero-order valence-electron chi connectivity index (χ0n) is 12.3. The molecule has 0 aliphatic rings. The number of hydrogen-bond acceptors (Lipinski definition) is 3. The van der Waals surface area contributed by atoms with E-state index in [-0.39, 0.29) is 11.9 Å². The number of aromatic nitrogens is 2. The summed E-state index contributed by atoms with van der Waals surface area (Å²) in [6.45, 7) is 3.11. The van der Waals surface area contributed by atoms with Gasteiger partial charge >= 0.3 is 0 Å². The van der Waals surface area contributed by atoms with E-state index in [1.165, 1.54) is 5.56 Å². The van der Waals surface area contributed by atoms with E-state index < -0.39 is 0 Å². The predicted octanol–water partition coefficient (Wildman–Crippen LogP) is 1.48. The van der Waals surface area contributed by atoms with Gasteiger partial charge in [-0.15, -0.1) is 0 Å².